The normalized spacial score (nSPS) is 17.8. The van der Waals surface area contributed by atoms with Gasteiger partial charge in [0, 0.05) is 13.0 Å². The van der Waals surface area contributed by atoms with Crippen molar-refractivity contribution in [3.8, 4) is 11.5 Å². The first kappa shape index (κ1) is 24.5. The van der Waals surface area contributed by atoms with E-state index in [-0.39, 0.29) is 19.4 Å². The van der Waals surface area contributed by atoms with Gasteiger partial charge in [0.2, 0.25) is 5.91 Å². The van der Waals surface area contributed by atoms with Crippen molar-refractivity contribution in [3.05, 3.63) is 23.8 Å². The number of benzene rings is 1. The summed E-state index contributed by atoms with van der Waals surface area (Å²) in [6, 6.07) is 5.22. The van der Waals surface area contributed by atoms with E-state index in [9.17, 15) is 9.90 Å². The number of aliphatic hydroxyl groups is 1. The zero-order valence-corrected chi connectivity index (χ0v) is 17.7. The van der Waals surface area contributed by atoms with Crippen LogP contribution in [0, 0.1) is 0 Å². The predicted octanol–water partition coefficient (Wildman–Crippen LogP) is 4.07. The van der Waals surface area contributed by atoms with Gasteiger partial charge in [-0.2, -0.15) is 0 Å². The molecule has 1 aromatic rings. The van der Waals surface area contributed by atoms with E-state index in [2.05, 4.69) is 17.1 Å². The lowest BCUT2D eigenvalue weighted by Crippen LogP contribution is -2.46. The number of carbonyl (C=O) groups is 1. The second-order valence-corrected chi connectivity index (χ2v) is 8.19. The number of aliphatic hydroxyl groups excluding tert-OH is 1. The lowest BCUT2D eigenvalue weighted by Gasteiger charge is -2.29. The van der Waals surface area contributed by atoms with Crippen molar-refractivity contribution in [3.63, 3.8) is 0 Å². The summed E-state index contributed by atoms with van der Waals surface area (Å²) in [5, 5.41) is 14.2. The molecule has 2 atom stereocenters. The van der Waals surface area contributed by atoms with Crippen LogP contribution >= 0.6 is 0 Å². The third-order valence-electron chi connectivity index (χ3n) is 5.80. The van der Waals surface area contributed by atoms with E-state index in [1.165, 1.54) is 32.1 Å². The highest BCUT2D eigenvalue weighted by atomic mass is 16.6. The van der Waals surface area contributed by atoms with Crippen molar-refractivity contribution in [1.29, 1.82) is 0 Å². The predicted molar refractivity (Wildman–Crippen MR) is 120 cm³/mol. The topological polar surface area (TPSA) is 71.0 Å². The third-order valence-corrected chi connectivity index (χ3v) is 5.80. The van der Waals surface area contributed by atoms with Crippen LogP contribution in [0.2, 0.25) is 0 Å². The van der Waals surface area contributed by atoms with Crippen LogP contribution in [0.5, 0.6) is 11.5 Å². The smallest absolute Gasteiger partial charge is 0.220 e. The number of nitrogens with zero attached hydrogens (tertiary/aromatic N) is 1. The number of fused-ring (bicyclic) bond motifs is 1. The van der Waals surface area contributed by atoms with Gasteiger partial charge >= 0.3 is 0 Å². The fourth-order valence-corrected chi connectivity index (χ4v) is 4.11. The van der Waals surface area contributed by atoms with Gasteiger partial charge in [0.25, 0.3) is 0 Å². The Balaban J connectivity index is 0.00000320. The molecule has 0 saturated carbocycles. The van der Waals surface area contributed by atoms with E-state index < -0.39 is 6.10 Å². The first-order valence-electron chi connectivity index (χ1n) is 11.3. The molecule has 0 spiro atoms. The Kier molecular flexibility index (Phi) is 10.4. The van der Waals surface area contributed by atoms with Gasteiger partial charge in [-0.3, -0.25) is 4.79 Å². The molecule has 2 N–H and O–H groups in total. The monoisotopic (exact) mass is 420 g/mol. The van der Waals surface area contributed by atoms with Gasteiger partial charge < -0.3 is 24.8 Å². The Bertz CT molecular complexity index is 646. The number of hydrogen-bond acceptors (Lipinski definition) is 5. The van der Waals surface area contributed by atoms with Crippen LogP contribution in [-0.2, 0) is 4.79 Å². The molecule has 30 heavy (non-hydrogen) atoms. The van der Waals surface area contributed by atoms with E-state index in [1.807, 2.05) is 18.2 Å². The number of hydrogen-bond donors (Lipinski definition) is 2. The third kappa shape index (κ3) is 7.17. The fourth-order valence-electron chi connectivity index (χ4n) is 4.11. The standard InChI is InChI=1S/C23H36N2O4.CH4/c1-2-3-4-5-6-9-22(26)24-19(17-25-12-7-8-13-25)23(27)18-10-11-20-21(16-18)29-15-14-28-20;/h10-11,16,19,23,27H,2-9,12-15,17H2,1H3,(H,24,26);1H4/t19-,23+;/m0./s1. The van der Waals surface area contributed by atoms with E-state index in [0.29, 0.717) is 37.7 Å². The summed E-state index contributed by atoms with van der Waals surface area (Å²) in [5.41, 5.74) is 0.752. The first-order chi connectivity index (χ1) is 14.2. The van der Waals surface area contributed by atoms with Gasteiger partial charge in [-0.25, -0.2) is 0 Å². The molecule has 0 aromatic heterocycles. The highest BCUT2D eigenvalue weighted by molar-refractivity contribution is 5.76. The largest absolute Gasteiger partial charge is 0.486 e. The highest BCUT2D eigenvalue weighted by Crippen LogP contribution is 2.33. The number of rotatable bonds is 11. The minimum Gasteiger partial charge on any atom is -0.486 e. The Hall–Kier alpha value is -1.79. The summed E-state index contributed by atoms with van der Waals surface area (Å²) in [6.07, 6.45) is 7.69. The summed E-state index contributed by atoms with van der Waals surface area (Å²) in [7, 11) is 0. The molecular formula is C24H40N2O4. The number of carbonyl (C=O) groups excluding carboxylic acids is 1. The van der Waals surface area contributed by atoms with Gasteiger partial charge in [-0.15, -0.1) is 0 Å². The Morgan fingerprint density at radius 1 is 1.10 bits per heavy atom. The number of amides is 1. The van der Waals surface area contributed by atoms with Crippen LogP contribution in [0.3, 0.4) is 0 Å². The maximum Gasteiger partial charge on any atom is 0.220 e. The summed E-state index contributed by atoms with van der Waals surface area (Å²) in [5.74, 6) is 1.40. The lowest BCUT2D eigenvalue weighted by atomic mass is 10.0. The van der Waals surface area contributed by atoms with Crippen molar-refractivity contribution in [2.75, 3.05) is 32.8 Å². The average Bonchev–Trinajstić information content (AvgIpc) is 3.25. The summed E-state index contributed by atoms with van der Waals surface area (Å²) in [6.45, 7) is 5.96. The van der Waals surface area contributed by atoms with Crippen LogP contribution in [0.4, 0.5) is 0 Å². The minimum atomic E-state index is -0.782. The molecule has 1 fully saturated rings. The van der Waals surface area contributed by atoms with E-state index >= 15 is 0 Å². The van der Waals surface area contributed by atoms with Crippen LogP contribution in [-0.4, -0.2) is 54.8 Å². The molecule has 2 heterocycles. The molecule has 6 heteroatoms. The number of nitrogens with one attached hydrogen (secondary N) is 1. The molecule has 170 valence electrons. The van der Waals surface area contributed by atoms with Crippen LogP contribution in [0.15, 0.2) is 18.2 Å². The number of ether oxygens (including phenoxy) is 2. The SMILES string of the molecule is C.CCCCCCCC(=O)N[C@@H](CN1CCCC1)[C@H](O)c1ccc2c(c1)OCCO2. The fraction of sp³-hybridized carbons (Fsp3) is 0.708. The van der Waals surface area contributed by atoms with E-state index in [1.54, 1.807) is 0 Å². The molecule has 0 unspecified atom stereocenters. The molecular weight excluding hydrogens is 380 g/mol. The molecule has 0 bridgehead atoms. The Morgan fingerprint density at radius 3 is 2.53 bits per heavy atom. The molecule has 2 aliphatic rings. The maximum absolute atomic E-state index is 12.5. The van der Waals surface area contributed by atoms with Crippen molar-refractivity contribution in [2.45, 2.75) is 77.9 Å². The van der Waals surface area contributed by atoms with Gasteiger partial charge in [-0.1, -0.05) is 46.1 Å². The molecule has 6 nitrogen and oxygen atoms in total. The summed E-state index contributed by atoms with van der Waals surface area (Å²) < 4.78 is 11.2. The molecule has 0 aliphatic carbocycles. The van der Waals surface area contributed by atoms with Crippen molar-refractivity contribution in [2.24, 2.45) is 0 Å². The molecule has 1 saturated heterocycles. The quantitative estimate of drug-likeness (QED) is 0.528. The van der Waals surface area contributed by atoms with E-state index in [4.69, 9.17) is 9.47 Å². The number of likely N-dealkylation sites (tertiary alicyclic amines) is 1. The number of unbranched alkanes of at least 4 members (excludes halogenated alkanes) is 4. The van der Waals surface area contributed by atoms with E-state index in [0.717, 1.165) is 31.5 Å². The minimum absolute atomic E-state index is 0. The Labute approximate surface area is 181 Å². The van der Waals surface area contributed by atoms with Gasteiger partial charge in [0.15, 0.2) is 11.5 Å². The molecule has 0 radical (unpaired) electrons. The summed E-state index contributed by atoms with van der Waals surface area (Å²) >= 11 is 0. The summed E-state index contributed by atoms with van der Waals surface area (Å²) in [4.78, 5) is 14.9. The van der Waals surface area contributed by atoms with Crippen LogP contribution < -0.4 is 14.8 Å². The second-order valence-electron chi connectivity index (χ2n) is 8.19. The van der Waals surface area contributed by atoms with Crippen molar-refractivity contribution in [1.82, 2.24) is 10.2 Å². The van der Waals surface area contributed by atoms with Crippen LogP contribution in [0.25, 0.3) is 0 Å². The zero-order valence-electron chi connectivity index (χ0n) is 17.7. The Morgan fingerprint density at radius 2 is 1.80 bits per heavy atom. The van der Waals surface area contributed by atoms with Crippen molar-refractivity contribution >= 4 is 5.91 Å². The van der Waals surface area contributed by atoms with Gasteiger partial charge in [0.1, 0.15) is 19.3 Å². The average molecular weight is 421 g/mol. The molecule has 1 aromatic carbocycles. The molecule has 3 rings (SSSR count). The first-order valence-corrected chi connectivity index (χ1v) is 11.3. The second kappa shape index (κ2) is 12.8. The molecule has 2 aliphatic heterocycles. The van der Waals surface area contributed by atoms with Gasteiger partial charge in [0.05, 0.1) is 6.04 Å². The van der Waals surface area contributed by atoms with Gasteiger partial charge in [-0.05, 0) is 50.0 Å². The highest BCUT2D eigenvalue weighted by Gasteiger charge is 2.27. The zero-order chi connectivity index (χ0) is 20.5. The lowest BCUT2D eigenvalue weighted by molar-refractivity contribution is -0.123. The van der Waals surface area contributed by atoms with Crippen LogP contribution in [0.1, 0.15) is 77.4 Å². The molecule has 1 amide bonds. The van der Waals surface area contributed by atoms with Crippen molar-refractivity contribution < 1.29 is 19.4 Å². The maximum atomic E-state index is 12.5.